The lowest BCUT2D eigenvalue weighted by molar-refractivity contribution is 0.686. The molecule has 1 N–H and O–H groups in total. The van der Waals surface area contributed by atoms with Crippen LogP contribution in [0.3, 0.4) is 0 Å². The van der Waals surface area contributed by atoms with Gasteiger partial charge in [-0.2, -0.15) is 0 Å². The van der Waals surface area contributed by atoms with Crippen molar-refractivity contribution in [1.82, 2.24) is 5.32 Å². The second-order valence-corrected chi connectivity index (χ2v) is 6.53. The molecule has 0 bridgehead atoms. The maximum atomic E-state index is 6.20. The first-order valence-electron chi connectivity index (χ1n) is 6.63. The van der Waals surface area contributed by atoms with Crippen molar-refractivity contribution in [1.29, 1.82) is 0 Å². The Morgan fingerprint density at radius 3 is 2.30 bits per heavy atom. The number of benzene rings is 2. The number of rotatable bonds is 3. The normalized spacial score (nSPS) is 12.5. The first-order valence-corrected chi connectivity index (χ1v) is 7.80. The van der Waals surface area contributed by atoms with Crippen LogP contribution in [0.2, 0.25) is 5.02 Å². The van der Waals surface area contributed by atoms with Gasteiger partial charge in [-0.15, -0.1) is 0 Å². The van der Waals surface area contributed by atoms with Gasteiger partial charge in [0.1, 0.15) is 0 Å². The Morgan fingerprint density at radius 1 is 1.00 bits per heavy atom. The molecule has 1 unspecified atom stereocenters. The van der Waals surface area contributed by atoms with E-state index < -0.39 is 0 Å². The second-order valence-electron chi connectivity index (χ2n) is 5.24. The zero-order valence-electron chi connectivity index (χ0n) is 12.2. The van der Waals surface area contributed by atoms with E-state index >= 15 is 0 Å². The Labute approximate surface area is 134 Å². The highest BCUT2D eigenvalue weighted by Crippen LogP contribution is 2.30. The molecule has 2 rings (SSSR count). The van der Waals surface area contributed by atoms with E-state index in [4.69, 9.17) is 11.6 Å². The van der Waals surface area contributed by atoms with Crippen LogP contribution in [-0.2, 0) is 0 Å². The molecule has 1 atom stereocenters. The van der Waals surface area contributed by atoms with E-state index in [1.54, 1.807) is 0 Å². The SMILES string of the molecule is CNC(c1cc(C)cc(Cl)c1)c1cc(C)c(Br)cc1C. The molecule has 3 heteroatoms. The van der Waals surface area contributed by atoms with E-state index in [1.165, 1.54) is 27.8 Å². The average Bonchev–Trinajstić information content (AvgIpc) is 2.35. The highest BCUT2D eigenvalue weighted by Gasteiger charge is 2.16. The third-order valence-electron chi connectivity index (χ3n) is 3.54. The van der Waals surface area contributed by atoms with Crippen LogP contribution in [-0.4, -0.2) is 7.05 Å². The van der Waals surface area contributed by atoms with Gasteiger partial charge >= 0.3 is 0 Å². The average molecular weight is 353 g/mol. The fourth-order valence-electron chi connectivity index (χ4n) is 2.55. The summed E-state index contributed by atoms with van der Waals surface area (Å²) in [6.45, 7) is 6.33. The zero-order valence-corrected chi connectivity index (χ0v) is 14.6. The topological polar surface area (TPSA) is 12.0 Å². The highest BCUT2D eigenvalue weighted by atomic mass is 79.9. The third kappa shape index (κ3) is 3.25. The number of hydrogen-bond donors (Lipinski definition) is 1. The van der Waals surface area contributed by atoms with E-state index in [9.17, 15) is 0 Å². The van der Waals surface area contributed by atoms with Crippen LogP contribution >= 0.6 is 27.5 Å². The van der Waals surface area contributed by atoms with E-state index in [0.717, 1.165) is 9.50 Å². The summed E-state index contributed by atoms with van der Waals surface area (Å²) in [5.41, 5.74) is 6.17. The molecule has 0 heterocycles. The van der Waals surface area contributed by atoms with Crippen molar-refractivity contribution in [2.24, 2.45) is 0 Å². The fraction of sp³-hybridized carbons (Fsp3) is 0.294. The van der Waals surface area contributed by atoms with Crippen molar-refractivity contribution in [3.05, 3.63) is 67.6 Å². The first-order chi connectivity index (χ1) is 9.42. The lowest BCUT2D eigenvalue weighted by Crippen LogP contribution is -2.19. The molecule has 0 aliphatic carbocycles. The van der Waals surface area contributed by atoms with Crippen LogP contribution < -0.4 is 5.32 Å². The van der Waals surface area contributed by atoms with Crippen LogP contribution in [0.4, 0.5) is 0 Å². The van der Waals surface area contributed by atoms with Gasteiger partial charge in [0.05, 0.1) is 6.04 Å². The van der Waals surface area contributed by atoms with E-state index in [1.807, 2.05) is 19.2 Å². The van der Waals surface area contributed by atoms with Crippen LogP contribution in [0.1, 0.15) is 33.9 Å². The molecule has 0 fully saturated rings. The van der Waals surface area contributed by atoms with Gasteiger partial charge in [-0.05, 0) is 73.8 Å². The third-order valence-corrected chi connectivity index (χ3v) is 4.62. The summed E-state index contributed by atoms with van der Waals surface area (Å²) in [6.07, 6.45) is 0. The van der Waals surface area contributed by atoms with E-state index in [-0.39, 0.29) is 6.04 Å². The van der Waals surface area contributed by atoms with Gasteiger partial charge in [0, 0.05) is 9.50 Å². The Hall–Kier alpha value is -0.830. The van der Waals surface area contributed by atoms with Gasteiger partial charge < -0.3 is 5.32 Å². The molecule has 2 aromatic rings. The minimum atomic E-state index is 0.152. The van der Waals surface area contributed by atoms with Crippen LogP contribution in [0.5, 0.6) is 0 Å². The summed E-state index contributed by atoms with van der Waals surface area (Å²) < 4.78 is 1.15. The van der Waals surface area contributed by atoms with Crippen LogP contribution in [0.15, 0.2) is 34.8 Å². The smallest absolute Gasteiger partial charge is 0.0577 e. The molecule has 0 radical (unpaired) electrons. The zero-order chi connectivity index (χ0) is 14.9. The van der Waals surface area contributed by atoms with Gasteiger partial charge in [0.25, 0.3) is 0 Å². The van der Waals surface area contributed by atoms with Gasteiger partial charge in [-0.3, -0.25) is 0 Å². The molecule has 0 aromatic heterocycles. The Morgan fingerprint density at radius 2 is 1.70 bits per heavy atom. The first kappa shape index (κ1) is 15.6. The van der Waals surface area contributed by atoms with Crippen molar-refractivity contribution in [3.63, 3.8) is 0 Å². The Balaban J connectivity index is 2.55. The lowest BCUT2D eigenvalue weighted by Gasteiger charge is -2.21. The molecular weight excluding hydrogens is 334 g/mol. The van der Waals surface area contributed by atoms with Crippen molar-refractivity contribution in [2.75, 3.05) is 7.05 Å². The largest absolute Gasteiger partial charge is 0.309 e. The Bertz CT molecular complexity index is 617. The fourth-order valence-corrected chi connectivity index (χ4v) is 3.30. The molecule has 0 saturated heterocycles. The molecule has 2 aromatic carbocycles. The monoisotopic (exact) mass is 351 g/mol. The van der Waals surface area contributed by atoms with Crippen molar-refractivity contribution in [2.45, 2.75) is 26.8 Å². The number of aryl methyl sites for hydroxylation is 3. The molecule has 20 heavy (non-hydrogen) atoms. The molecule has 0 aliphatic heterocycles. The van der Waals surface area contributed by atoms with E-state index in [0.29, 0.717) is 0 Å². The predicted octanol–water partition coefficient (Wildman–Crippen LogP) is 5.34. The Kier molecular flexibility index (Phi) is 4.90. The van der Waals surface area contributed by atoms with Gasteiger partial charge in [0.2, 0.25) is 0 Å². The summed E-state index contributed by atoms with van der Waals surface area (Å²) in [5.74, 6) is 0. The number of halogens is 2. The van der Waals surface area contributed by atoms with Crippen molar-refractivity contribution >= 4 is 27.5 Å². The van der Waals surface area contributed by atoms with Crippen LogP contribution in [0, 0.1) is 20.8 Å². The van der Waals surface area contributed by atoms with Crippen molar-refractivity contribution < 1.29 is 0 Å². The summed E-state index contributed by atoms with van der Waals surface area (Å²) in [6, 6.07) is 10.8. The number of nitrogens with one attached hydrogen (secondary N) is 1. The van der Waals surface area contributed by atoms with E-state index in [2.05, 4.69) is 60.2 Å². The summed E-state index contributed by atoms with van der Waals surface area (Å²) in [5, 5.41) is 4.19. The predicted molar refractivity (Wildman–Crippen MR) is 90.7 cm³/mol. The number of hydrogen-bond acceptors (Lipinski definition) is 1. The minimum Gasteiger partial charge on any atom is -0.309 e. The minimum absolute atomic E-state index is 0.152. The molecular formula is C17H19BrClN. The quantitative estimate of drug-likeness (QED) is 0.786. The molecule has 0 amide bonds. The lowest BCUT2D eigenvalue weighted by atomic mass is 9.93. The molecule has 1 nitrogen and oxygen atoms in total. The van der Waals surface area contributed by atoms with Crippen LogP contribution in [0.25, 0.3) is 0 Å². The highest BCUT2D eigenvalue weighted by molar-refractivity contribution is 9.10. The van der Waals surface area contributed by atoms with Crippen molar-refractivity contribution in [3.8, 4) is 0 Å². The molecule has 0 aliphatic rings. The standard InChI is InChI=1S/C17H19BrClN/c1-10-5-13(9-14(19)6-10)17(20-4)15-7-12(3)16(18)8-11(15)2/h5-9,17,20H,1-4H3. The summed E-state index contributed by atoms with van der Waals surface area (Å²) in [4.78, 5) is 0. The van der Waals surface area contributed by atoms with Gasteiger partial charge in [-0.1, -0.05) is 39.7 Å². The second kappa shape index (κ2) is 6.30. The summed E-state index contributed by atoms with van der Waals surface area (Å²) in [7, 11) is 1.98. The maximum Gasteiger partial charge on any atom is 0.0577 e. The van der Waals surface area contributed by atoms with Gasteiger partial charge in [-0.25, -0.2) is 0 Å². The van der Waals surface area contributed by atoms with Gasteiger partial charge in [0.15, 0.2) is 0 Å². The maximum absolute atomic E-state index is 6.20. The summed E-state index contributed by atoms with van der Waals surface area (Å²) >= 11 is 9.79. The molecule has 0 spiro atoms. The molecule has 0 saturated carbocycles. The molecule has 106 valence electrons.